The van der Waals surface area contributed by atoms with Gasteiger partial charge in [0.05, 0.1) is 6.54 Å². The lowest BCUT2D eigenvalue weighted by atomic mass is 9.97. The lowest BCUT2D eigenvalue weighted by Crippen LogP contribution is -2.48. The normalized spacial score (nSPS) is 19.5. The van der Waals surface area contributed by atoms with E-state index in [-0.39, 0.29) is 11.8 Å². The van der Waals surface area contributed by atoms with Crippen LogP contribution in [0.15, 0.2) is 34.9 Å². The molecule has 4 rings (SSSR count). The molecule has 2 heterocycles. The third kappa shape index (κ3) is 4.12. The molecule has 2 aromatic rings. The predicted molar refractivity (Wildman–Crippen MR) is 97.6 cm³/mol. The highest BCUT2D eigenvalue weighted by Gasteiger charge is 2.29. The summed E-state index contributed by atoms with van der Waals surface area (Å²) in [7, 11) is 0. The number of piperazine rings is 1. The van der Waals surface area contributed by atoms with Crippen molar-refractivity contribution in [2.24, 2.45) is 0 Å². The van der Waals surface area contributed by atoms with Gasteiger partial charge >= 0.3 is 0 Å². The van der Waals surface area contributed by atoms with Crippen LogP contribution in [0.5, 0.6) is 0 Å². The van der Waals surface area contributed by atoms with Crippen molar-refractivity contribution in [1.29, 1.82) is 0 Å². The summed E-state index contributed by atoms with van der Waals surface area (Å²) in [6, 6.07) is 10.3. The van der Waals surface area contributed by atoms with Crippen LogP contribution in [0.3, 0.4) is 0 Å². The maximum absolute atomic E-state index is 12.6. The zero-order valence-electron chi connectivity index (χ0n) is 15.3. The van der Waals surface area contributed by atoms with Gasteiger partial charge in [0.15, 0.2) is 5.82 Å². The van der Waals surface area contributed by atoms with Gasteiger partial charge in [-0.3, -0.25) is 9.69 Å². The number of benzene rings is 1. The summed E-state index contributed by atoms with van der Waals surface area (Å²) < 4.78 is 5.36. The summed E-state index contributed by atoms with van der Waals surface area (Å²) in [5.41, 5.74) is 1.22. The Morgan fingerprint density at radius 3 is 2.62 bits per heavy atom. The summed E-state index contributed by atoms with van der Waals surface area (Å²) in [5, 5.41) is 4.07. The van der Waals surface area contributed by atoms with Gasteiger partial charge in [0.2, 0.25) is 11.8 Å². The van der Waals surface area contributed by atoms with Gasteiger partial charge in [0, 0.05) is 38.5 Å². The van der Waals surface area contributed by atoms with E-state index in [1.807, 2.05) is 23.1 Å². The van der Waals surface area contributed by atoms with Crippen LogP contribution in [0.2, 0.25) is 0 Å². The molecule has 2 aliphatic rings. The second-order valence-corrected chi connectivity index (χ2v) is 7.49. The fraction of sp³-hybridized carbons (Fsp3) is 0.550. The van der Waals surface area contributed by atoms with E-state index < -0.39 is 0 Å². The third-order valence-electron chi connectivity index (χ3n) is 5.36. The largest absolute Gasteiger partial charge is 0.340 e. The average molecular weight is 354 g/mol. The number of carbonyl (C=O) groups is 1. The Hall–Kier alpha value is -2.21. The predicted octanol–water partition coefficient (Wildman–Crippen LogP) is 2.79. The Kier molecular flexibility index (Phi) is 5.02. The molecule has 26 heavy (non-hydrogen) atoms. The molecule has 138 valence electrons. The summed E-state index contributed by atoms with van der Waals surface area (Å²) in [4.78, 5) is 21.4. The van der Waals surface area contributed by atoms with Crippen molar-refractivity contribution in [3.63, 3.8) is 0 Å². The molecule has 1 aliphatic heterocycles. The lowest BCUT2D eigenvalue weighted by molar-refractivity contribution is -0.133. The summed E-state index contributed by atoms with van der Waals surface area (Å²) >= 11 is 0. The minimum atomic E-state index is 0.245. The van der Waals surface area contributed by atoms with Gasteiger partial charge in [-0.2, -0.15) is 4.98 Å². The van der Waals surface area contributed by atoms with Gasteiger partial charge in [-0.15, -0.1) is 0 Å². The van der Waals surface area contributed by atoms with Crippen molar-refractivity contribution in [3.8, 4) is 0 Å². The molecule has 0 radical (unpaired) electrons. The van der Waals surface area contributed by atoms with Crippen molar-refractivity contribution in [2.75, 3.05) is 26.2 Å². The molecule has 1 unspecified atom stereocenters. The van der Waals surface area contributed by atoms with Crippen molar-refractivity contribution in [3.05, 3.63) is 47.6 Å². The van der Waals surface area contributed by atoms with Gasteiger partial charge in [-0.25, -0.2) is 0 Å². The topological polar surface area (TPSA) is 62.5 Å². The average Bonchev–Trinajstić information content (AvgIpc) is 3.42. The van der Waals surface area contributed by atoms with E-state index in [1.165, 1.54) is 18.4 Å². The second kappa shape index (κ2) is 7.58. The van der Waals surface area contributed by atoms with E-state index in [2.05, 4.69) is 34.1 Å². The van der Waals surface area contributed by atoms with Crippen LogP contribution in [0, 0.1) is 0 Å². The van der Waals surface area contributed by atoms with Gasteiger partial charge in [-0.1, -0.05) is 42.4 Å². The zero-order valence-corrected chi connectivity index (χ0v) is 15.3. The molecule has 0 bridgehead atoms. The van der Waals surface area contributed by atoms with Crippen molar-refractivity contribution in [1.82, 2.24) is 19.9 Å². The quantitative estimate of drug-likeness (QED) is 0.798. The molecule has 0 spiro atoms. The minimum absolute atomic E-state index is 0.245. The Bertz CT molecular complexity index is 733. The van der Waals surface area contributed by atoms with Crippen molar-refractivity contribution < 1.29 is 9.32 Å². The van der Waals surface area contributed by atoms with Gasteiger partial charge < -0.3 is 9.42 Å². The molecule has 1 atom stereocenters. The van der Waals surface area contributed by atoms with Crippen LogP contribution in [0.1, 0.15) is 55.3 Å². The number of carbonyl (C=O) groups excluding carboxylic acids is 1. The maximum Gasteiger partial charge on any atom is 0.240 e. The van der Waals surface area contributed by atoms with Crippen LogP contribution in [0.25, 0.3) is 0 Å². The van der Waals surface area contributed by atoms with Crippen LogP contribution in [0.4, 0.5) is 0 Å². The molecule has 6 nitrogen and oxygen atoms in total. The number of aromatic nitrogens is 2. The van der Waals surface area contributed by atoms with E-state index in [0.29, 0.717) is 24.8 Å². The van der Waals surface area contributed by atoms with Crippen LogP contribution >= 0.6 is 0 Å². The van der Waals surface area contributed by atoms with Gasteiger partial charge in [-0.05, 0) is 24.3 Å². The monoisotopic (exact) mass is 354 g/mol. The standard InChI is InChI=1S/C20H26N4O2/c1-15(16-5-3-2-4-6-16)13-19(25)24-11-9-23(10-12-24)14-18-21-20(22-26-18)17-7-8-17/h2-6,15,17H,7-14H2,1H3. The molecular weight excluding hydrogens is 328 g/mol. The van der Waals surface area contributed by atoms with E-state index >= 15 is 0 Å². The second-order valence-electron chi connectivity index (χ2n) is 7.49. The molecular formula is C20H26N4O2. The number of hydrogen-bond acceptors (Lipinski definition) is 5. The minimum Gasteiger partial charge on any atom is -0.340 e. The van der Waals surface area contributed by atoms with Crippen LogP contribution in [-0.4, -0.2) is 52.0 Å². The highest BCUT2D eigenvalue weighted by Crippen LogP contribution is 2.38. The maximum atomic E-state index is 12.6. The van der Waals surface area contributed by atoms with Gasteiger partial charge in [0.25, 0.3) is 0 Å². The molecule has 1 saturated carbocycles. The molecule has 6 heteroatoms. The smallest absolute Gasteiger partial charge is 0.240 e. The Morgan fingerprint density at radius 1 is 1.19 bits per heavy atom. The van der Waals surface area contributed by atoms with Crippen molar-refractivity contribution >= 4 is 5.91 Å². The first-order valence-corrected chi connectivity index (χ1v) is 9.56. The van der Waals surface area contributed by atoms with Crippen LogP contribution < -0.4 is 0 Å². The summed E-state index contributed by atoms with van der Waals surface area (Å²) in [6.45, 7) is 6.05. The van der Waals surface area contributed by atoms with Crippen molar-refractivity contribution in [2.45, 2.75) is 44.6 Å². The Balaban J connectivity index is 1.24. The summed E-state index contributed by atoms with van der Waals surface area (Å²) in [5.74, 6) is 2.58. The van der Waals surface area contributed by atoms with E-state index in [0.717, 1.165) is 32.0 Å². The number of rotatable bonds is 6. The first kappa shape index (κ1) is 17.2. The van der Waals surface area contributed by atoms with Gasteiger partial charge in [0.1, 0.15) is 0 Å². The molecule has 1 aromatic carbocycles. The lowest BCUT2D eigenvalue weighted by Gasteiger charge is -2.34. The number of hydrogen-bond donors (Lipinski definition) is 0. The number of nitrogens with zero attached hydrogens (tertiary/aromatic N) is 4. The first-order valence-electron chi connectivity index (χ1n) is 9.56. The molecule has 1 aliphatic carbocycles. The highest BCUT2D eigenvalue weighted by atomic mass is 16.5. The molecule has 2 fully saturated rings. The highest BCUT2D eigenvalue weighted by molar-refractivity contribution is 5.77. The zero-order chi connectivity index (χ0) is 17.9. The summed E-state index contributed by atoms with van der Waals surface area (Å²) in [6.07, 6.45) is 2.93. The molecule has 1 aromatic heterocycles. The SMILES string of the molecule is CC(CC(=O)N1CCN(Cc2nc(C3CC3)no2)CC1)c1ccccc1. The number of amides is 1. The molecule has 1 saturated heterocycles. The Labute approximate surface area is 154 Å². The van der Waals surface area contributed by atoms with E-state index in [1.54, 1.807) is 0 Å². The fourth-order valence-corrected chi connectivity index (χ4v) is 3.48. The molecule has 0 N–H and O–H groups in total. The van der Waals surface area contributed by atoms with E-state index in [9.17, 15) is 4.79 Å². The fourth-order valence-electron chi connectivity index (χ4n) is 3.48. The Morgan fingerprint density at radius 2 is 1.92 bits per heavy atom. The van der Waals surface area contributed by atoms with Crippen LogP contribution in [-0.2, 0) is 11.3 Å². The molecule has 1 amide bonds. The third-order valence-corrected chi connectivity index (χ3v) is 5.36. The first-order chi connectivity index (χ1) is 12.7. The van der Waals surface area contributed by atoms with E-state index in [4.69, 9.17) is 4.52 Å².